The molecule has 0 bridgehead atoms. The molecule has 34 heavy (non-hydrogen) atoms. The second-order valence-corrected chi connectivity index (χ2v) is 9.56. The topological polar surface area (TPSA) is 68.4 Å². The van der Waals surface area contributed by atoms with E-state index in [4.69, 9.17) is 11.6 Å². The van der Waals surface area contributed by atoms with Gasteiger partial charge in [-0.3, -0.25) is 4.79 Å². The molecular weight excluding hydrogens is 446 g/mol. The molecule has 0 saturated heterocycles. The fourth-order valence-corrected chi connectivity index (χ4v) is 4.49. The third-order valence-electron chi connectivity index (χ3n) is 6.30. The number of amides is 1. The van der Waals surface area contributed by atoms with Crippen molar-refractivity contribution in [3.63, 3.8) is 0 Å². The number of aromatic nitrogens is 1. The highest BCUT2D eigenvalue weighted by Gasteiger charge is 2.20. The molecule has 3 aromatic rings. The molecule has 0 aliphatic rings. The smallest absolute Gasteiger partial charge is 0.255 e. The highest BCUT2D eigenvalue weighted by molar-refractivity contribution is 6.30. The van der Waals surface area contributed by atoms with Crippen molar-refractivity contribution in [2.24, 2.45) is 0 Å². The Hall–Kier alpha value is -2.34. The number of nitrogens with one attached hydrogen (secondary N) is 2. The summed E-state index contributed by atoms with van der Waals surface area (Å²) in [4.78, 5) is 18.8. The quantitative estimate of drug-likeness (QED) is 0.274. The minimum atomic E-state index is -0.620. The van der Waals surface area contributed by atoms with Gasteiger partial charge in [-0.15, -0.1) is 0 Å². The number of fused-ring (bicyclic) bond motifs is 1. The number of H-pyrrole nitrogens is 1. The molecule has 0 fully saturated rings. The molecule has 184 valence electrons. The van der Waals surface area contributed by atoms with Crippen LogP contribution >= 0.6 is 11.6 Å². The third-order valence-corrected chi connectivity index (χ3v) is 6.54. The van der Waals surface area contributed by atoms with Crippen molar-refractivity contribution < 1.29 is 9.90 Å². The van der Waals surface area contributed by atoms with E-state index in [1.807, 2.05) is 35.4 Å². The average molecular weight is 484 g/mol. The summed E-state index contributed by atoms with van der Waals surface area (Å²) in [5.74, 6) is 0.108. The molecule has 1 aromatic heterocycles. The molecule has 0 unspecified atom stereocenters. The first kappa shape index (κ1) is 26.3. The van der Waals surface area contributed by atoms with Gasteiger partial charge in [0.05, 0.1) is 17.2 Å². The number of carbonyl (C=O) groups excluding carboxylic acids is 1. The Balaban J connectivity index is 1.69. The van der Waals surface area contributed by atoms with Crippen LogP contribution in [0.5, 0.6) is 0 Å². The summed E-state index contributed by atoms with van der Waals surface area (Å²) in [5, 5.41) is 15.6. The molecule has 0 aliphatic carbocycles. The Morgan fingerprint density at radius 1 is 1.12 bits per heavy atom. The van der Waals surface area contributed by atoms with Crippen molar-refractivity contribution in [3.8, 4) is 0 Å². The van der Waals surface area contributed by atoms with Gasteiger partial charge in [-0.25, -0.2) is 0 Å². The molecule has 1 heterocycles. The van der Waals surface area contributed by atoms with Gasteiger partial charge in [-0.1, -0.05) is 62.6 Å². The maximum atomic E-state index is 13.4. The van der Waals surface area contributed by atoms with Gasteiger partial charge in [0.15, 0.2) is 0 Å². The van der Waals surface area contributed by atoms with Gasteiger partial charge in [-0.2, -0.15) is 0 Å². The van der Waals surface area contributed by atoms with E-state index >= 15 is 0 Å². The Labute approximate surface area is 208 Å². The number of aromatic amines is 1. The van der Waals surface area contributed by atoms with Crippen molar-refractivity contribution in [3.05, 3.63) is 70.4 Å². The molecular formula is C28H38ClN3O2. The Bertz CT molecular complexity index is 1060. The van der Waals surface area contributed by atoms with Crippen LogP contribution < -0.4 is 5.32 Å². The molecule has 5 nitrogen and oxygen atoms in total. The number of rotatable bonds is 13. The van der Waals surface area contributed by atoms with Crippen LogP contribution in [0.1, 0.15) is 74.0 Å². The summed E-state index contributed by atoms with van der Waals surface area (Å²) in [6.07, 6.45) is 6.36. The van der Waals surface area contributed by atoms with Crippen molar-refractivity contribution in [1.82, 2.24) is 15.2 Å². The minimum absolute atomic E-state index is 0.108. The maximum Gasteiger partial charge on any atom is 0.255 e. The normalized spacial score (nSPS) is 13.2. The molecule has 0 aliphatic heterocycles. The van der Waals surface area contributed by atoms with Crippen LogP contribution in [0.2, 0.25) is 5.02 Å². The van der Waals surface area contributed by atoms with Gasteiger partial charge < -0.3 is 20.3 Å². The summed E-state index contributed by atoms with van der Waals surface area (Å²) in [6.45, 7) is 8.46. The predicted octanol–water partition coefficient (Wildman–Crippen LogP) is 6.12. The average Bonchev–Trinajstić information content (AvgIpc) is 3.25. The number of halogens is 1. The number of nitrogens with zero attached hydrogens (tertiary/aromatic N) is 1. The highest BCUT2D eigenvalue weighted by atomic mass is 35.5. The zero-order chi connectivity index (χ0) is 24.5. The largest absolute Gasteiger partial charge is 0.387 e. The molecule has 0 radical (unpaired) electrons. The summed E-state index contributed by atoms with van der Waals surface area (Å²) >= 11 is 6.04. The van der Waals surface area contributed by atoms with Gasteiger partial charge in [0.25, 0.3) is 5.91 Å². The number of aliphatic hydroxyl groups is 1. The fourth-order valence-electron chi connectivity index (χ4n) is 4.29. The Kier molecular flexibility index (Phi) is 10.00. The molecule has 2 aromatic carbocycles. The van der Waals surface area contributed by atoms with E-state index in [0.29, 0.717) is 11.6 Å². The first-order chi connectivity index (χ1) is 16.4. The Morgan fingerprint density at radius 3 is 2.50 bits per heavy atom. The number of para-hydroxylation sites is 1. The van der Waals surface area contributed by atoms with E-state index in [0.717, 1.165) is 72.8 Å². The van der Waals surface area contributed by atoms with Crippen LogP contribution in [0.15, 0.2) is 48.7 Å². The highest BCUT2D eigenvalue weighted by Crippen LogP contribution is 2.25. The van der Waals surface area contributed by atoms with Gasteiger partial charge in [-0.05, 0) is 55.5 Å². The standard InChI is InChI=1S/C28H38ClN3O2/c1-4-6-14-32(15-7-5-2)28(34)25-13-9-12-24-22(18-31-27(24)25)16-20(3)30-19-26(33)21-10-8-11-23(29)17-21/h8-13,17-18,20,26,30-31,33H,4-7,14-16,19H2,1-3H3/t20-,26+/m1/s1. The van der Waals surface area contributed by atoms with Crippen molar-refractivity contribution >= 4 is 28.4 Å². The van der Waals surface area contributed by atoms with Crippen LogP contribution in [0.25, 0.3) is 10.9 Å². The Morgan fingerprint density at radius 2 is 1.82 bits per heavy atom. The molecule has 3 rings (SSSR count). The van der Waals surface area contributed by atoms with E-state index in [-0.39, 0.29) is 11.9 Å². The maximum absolute atomic E-state index is 13.4. The number of aliphatic hydroxyl groups excluding tert-OH is 1. The SMILES string of the molecule is CCCCN(CCCC)C(=O)c1cccc2c(C[C@@H](C)NC[C@H](O)c3cccc(Cl)c3)c[nH]c12. The van der Waals surface area contributed by atoms with Gasteiger partial charge in [0, 0.05) is 42.3 Å². The van der Waals surface area contributed by atoms with E-state index in [1.54, 1.807) is 12.1 Å². The van der Waals surface area contributed by atoms with Gasteiger partial charge >= 0.3 is 0 Å². The first-order valence-electron chi connectivity index (χ1n) is 12.5. The van der Waals surface area contributed by atoms with E-state index in [1.165, 1.54) is 0 Å². The fraction of sp³-hybridized carbons (Fsp3) is 0.464. The monoisotopic (exact) mass is 483 g/mol. The zero-order valence-corrected chi connectivity index (χ0v) is 21.4. The van der Waals surface area contributed by atoms with Gasteiger partial charge in [0.1, 0.15) is 0 Å². The molecule has 1 amide bonds. The number of unbranched alkanes of at least 4 members (excludes halogenated alkanes) is 2. The van der Waals surface area contributed by atoms with Crippen molar-refractivity contribution in [2.45, 2.75) is 65.0 Å². The minimum Gasteiger partial charge on any atom is -0.387 e. The first-order valence-corrected chi connectivity index (χ1v) is 12.9. The summed E-state index contributed by atoms with van der Waals surface area (Å²) < 4.78 is 0. The number of hydrogen-bond acceptors (Lipinski definition) is 3. The van der Waals surface area contributed by atoms with E-state index in [2.05, 4.69) is 37.1 Å². The van der Waals surface area contributed by atoms with Crippen molar-refractivity contribution in [2.75, 3.05) is 19.6 Å². The number of hydrogen-bond donors (Lipinski definition) is 3. The molecule has 6 heteroatoms. The van der Waals surface area contributed by atoms with Crippen LogP contribution in [-0.2, 0) is 6.42 Å². The van der Waals surface area contributed by atoms with Crippen LogP contribution in [0.4, 0.5) is 0 Å². The lowest BCUT2D eigenvalue weighted by atomic mass is 10.0. The summed E-state index contributed by atoms with van der Waals surface area (Å²) in [6, 6.07) is 13.5. The van der Waals surface area contributed by atoms with E-state index < -0.39 is 6.10 Å². The lowest BCUT2D eigenvalue weighted by Crippen LogP contribution is -2.33. The second-order valence-electron chi connectivity index (χ2n) is 9.13. The summed E-state index contributed by atoms with van der Waals surface area (Å²) in [7, 11) is 0. The zero-order valence-electron chi connectivity index (χ0n) is 20.6. The summed E-state index contributed by atoms with van der Waals surface area (Å²) in [5.41, 5.74) is 3.62. The van der Waals surface area contributed by atoms with Crippen molar-refractivity contribution in [1.29, 1.82) is 0 Å². The predicted molar refractivity (Wildman–Crippen MR) is 142 cm³/mol. The third kappa shape index (κ3) is 6.84. The van der Waals surface area contributed by atoms with E-state index in [9.17, 15) is 9.90 Å². The molecule has 0 spiro atoms. The van der Waals surface area contributed by atoms with Crippen LogP contribution in [-0.4, -0.2) is 46.6 Å². The van der Waals surface area contributed by atoms with Crippen LogP contribution in [0, 0.1) is 0 Å². The molecule has 3 N–H and O–H groups in total. The molecule has 0 saturated carbocycles. The lowest BCUT2D eigenvalue weighted by molar-refractivity contribution is 0.0753. The second kappa shape index (κ2) is 12.9. The number of benzene rings is 2. The van der Waals surface area contributed by atoms with Crippen LogP contribution in [0.3, 0.4) is 0 Å². The lowest BCUT2D eigenvalue weighted by Gasteiger charge is -2.23. The number of carbonyl (C=O) groups is 1. The molecule has 2 atom stereocenters. The van der Waals surface area contributed by atoms with Gasteiger partial charge in [0.2, 0.25) is 0 Å².